The summed E-state index contributed by atoms with van der Waals surface area (Å²) in [5, 5.41) is 9.92. The van der Waals surface area contributed by atoms with Gasteiger partial charge in [0.1, 0.15) is 11.7 Å². The highest BCUT2D eigenvalue weighted by Gasteiger charge is 2.23. The van der Waals surface area contributed by atoms with Gasteiger partial charge in [-0.05, 0) is 37.1 Å². The van der Waals surface area contributed by atoms with Crippen LogP contribution < -0.4 is 0 Å². The summed E-state index contributed by atoms with van der Waals surface area (Å²) in [6, 6.07) is 8.89. The van der Waals surface area contributed by atoms with Crippen molar-refractivity contribution in [3.8, 4) is 0 Å². The van der Waals surface area contributed by atoms with Crippen molar-refractivity contribution in [1.29, 1.82) is 0 Å². The van der Waals surface area contributed by atoms with E-state index in [0.29, 0.717) is 17.3 Å². The highest BCUT2D eigenvalue weighted by molar-refractivity contribution is 6.30. The van der Waals surface area contributed by atoms with Crippen molar-refractivity contribution in [2.24, 2.45) is 0 Å². The third kappa shape index (κ3) is 3.51. The molecule has 0 saturated heterocycles. The first kappa shape index (κ1) is 13.5. The van der Waals surface area contributed by atoms with Gasteiger partial charge in [0, 0.05) is 16.9 Å². The maximum Gasteiger partial charge on any atom is 0.314 e. The molecule has 1 N–H and O–H groups in total. The second-order valence-electron chi connectivity index (χ2n) is 4.28. The van der Waals surface area contributed by atoms with E-state index in [9.17, 15) is 9.90 Å². The van der Waals surface area contributed by atoms with E-state index < -0.39 is 11.9 Å². The van der Waals surface area contributed by atoms with Crippen LogP contribution in [0.25, 0.3) is 0 Å². The number of carbonyl (C=O) groups is 1. The van der Waals surface area contributed by atoms with Gasteiger partial charge in [0.25, 0.3) is 0 Å². The van der Waals surface area contributed by atoms with Gasteiger partial charge in [-0.1, -0.05) is 23.7 Å². The van der Waals surface area contributed by atoms with E-state index in [-0.39, 0.29) is 0 Å². The lowest BCUT2D eigenvalue weighted by atomic mass is 9.98. The first-order valence-electron chi connectivity index (χ1n) is 5.83. The predicted octanol–water partition coefficient (Wildman–Crippen LogP) is 2.85. The van der Waals surface area contributed by atoms with Crippen molar-refractivity contribution in [3.05, 3.63) is 58.6 Å². The zero-order valence-corrected chi connectivity index (χ0v) is 11.1. The molecule has 0 radical (unpaired) electrons. The molecule has 98 valence electrons. The lowest BCUT2D eigenvalue weighted by molar-refractivity contribution is -0.139. The number of hydrogen-bond acceptors (Lipinski definition) is 3. The molecule has 1 aromatic heterocycles. The smallest absolute Gasteiger partial charge is 0.314 e. The summed E-state index contributed by atoms with van der Waals surface area (Å²) in [5.41, 5.74) is 1.60. The molecule has 0 aliphatic carbocycles. The number of carboxylic acids is 1. The lowest BCUT2D eigenvalue weighted by Gasteiger charge is -2.11. The second kappa shape index (κ2) is 5.80. The molecule has 0 fully saturated rings. The molecule has 1 aromatic carbocycles. The molecule has 0 spiro atoms. The molecule has 0 aliphatic heterocycles. The molecule has 4 nitrogen and oxygen atoms in total. The Balaban J connectivity index is 2.29. The Kier molecular flexibility index (Phi) is 4.12. The fourth-order valence-electron chi connectivity index (χ4n) is 1.82. The number of aryl methyl sites for hydroxylation is 1. The number of aromatic nitrogens is 2. The third-order valence-electron chi connectivity index (χ3n) is 2.75. The Morgan fingerprint density at radius 2 is 2.21 bits per heavy atom. The Bertz CT molecular complexity index is 602. The standard InChI is InChI=1S/C14H13ClN2O2/c1-9-5-6-16-13(17-9)12(14(18)19)8-10-3-2-4-11(15)7-10/h2-7,12H,8H2,1H3,(H,18,19). The van der Waals surface area contributed by atoms with Crippen LogP contribution in [0, 0.1) is 6.92 Å². The summed E-state index contributed by atoms with van der Waals surface area (Å²) in [4.78, 5) is 19.6. The highest BCUT2D eigenvalue weighted by atomic mass is 35.5. The summed E-state index contributed by atoms with van der Waals surface area (Å²) in [7, 11) is 0. The van der Waals surface area contributed by atoms with Crippen molar-refractivity contribution in [3.63, 3.8) is 0 Å². The van der Waals surface area contributed by atoms with Gasteiger partial charge in [-0.25, -0.2) is 9.97 Å². The minimum atomic E-state index is -0.939. The molecule has 2 rings (SSSR count). The molecule has 0 amide bonds. The molecule has 0 saturated carbocycles. The molecular formula is C14H13ClN2O2. The van der Waals surface area contributed by atoms with Crippen LogP contribution in [-0.2, 0) is 11.2 Å². The van der Waals surface area contributed by atoms with Crippen LogP contribution in [-0.4, -0.2) is 21.0 Å². The first-order chi connectivity index (χ1) is 9.06. The van der Waals surface area contributed by atoms with E-state index in [0.717, 1.165) is 11.3 Å². The Morgan fingerprint density at radius 3 is 2.84 bits per heavy atom. The van der Waals surface area contributed by atoms with Gasteiger partial charge >= 0.3 is 5.97 Å². The van der Waals surface area contributed by atoms with Gasteiger partial charge in [0.2, 0.25) is 0 Å². The summed E-state index contributed by atoms with van der Waals surface area (Å²) in [5.74, 6) is -1.38. The molecule has 1 unspecified atom stereocenters. The molecule has 5 heteroatoms. The van der Waals surface area contributed by atoms with E-state index in [1.54, 1.807) is 30.5 Å². The fraction of sp³-hybridized carbons (Fsp3) is 0.214. The minimum absolute atomic E-state index is 0.319. The van der Waals surface area contributed by atoms with Crippen LogP contribution in [0.15, 0.2) is 36.5 Å². The Morgan fingerprint density at radius 1 is 1.42 bits per heavy atom. The predicted molar refractivity (Wildman–Crippen MR) is 72.3 cm³/mol. The van der Waals surface area contributed by atoms with Gasteiger partial charge < -0.3 is 5.11 Å². The second-order valence-corrected chi connectivity index (χ2v) is 4.72. The van der Waals surface area contributed by atoms with Crippen LogP contribution in [0.2, 0.25) is 5.02 Å². The summed E-state index contributed by atoms with van der Waals surface area (Å²) in [6.07, 6.45) is 1.89. The zero-order valence-electron chi connectivity index (χ0n) is 10.4. The van der Waals surface area contributed by atoms with Crippen LogP contribution in [0.4, 0.5) is 0 Å². The van der Waals surface area contributed by atoms with E-state index in [1.165, 1.54) is 0 Å². The fourth-order valence-corrected chi connectivity index (χ4v) is 2.04. The maximum absolute atomic E-state index is 11.4. The topological polar surface area (TPSA) is 63.1 Å². The molecule has 2 aromatic rings. The molecule has 0 aliphatic rings. The van der Waals surface area contributed by atoms with Gasteiger partial charge in [-0.15, -0.1) is 0 Å². The van der Waals surface area contributed by atoms with Crippen molar-refractivity contribution in [1.82, 2.24) is 9.97 Å². The molecule has 19 heavy (non-hydrogen) atoms. The molecular weight excluding hydrogens is 264 g/mol. The number of nitrogens with zero attached hydrogens (tertiary/aromatic N) is 2. The van der Waals surface area contributed by atoms with Crippen molar-refractivity contribution in [2.75, 3.05) is 0 Å². The van der Waals surface area contributed by atoms with E-state index in [2.05, 4.69) is 9.97 Å². The summed E-state index contributed by atoms with van der Waals surface area (Å²) < 4.78 is 0. The first-order valence-corrected chi connectivity index (χ1v) is 6.21. The summed E-state index contributed by atoms with van der Waals surface area (Å²) in [6.45, 7) is 1.81. The van der Waals surface area contributed by atoms with E-state index >= 15 is 0 Å². The van der Waals surface area contributed by atoms with Gasteiger partial charge in [-0.2, -0.15) is 0 Å². The average Bonchev–Trinajstić information content (AvgIpc) is 2.35. The van der Waals surface area contributed by atoms with Crippen molar-refractivity contribution in [2.45, 2.75) is 19.3 Å². The van der Waals surface area contributed by atoms with Gasteiger partial charge in [0.05, 0.1) is 0 Å². The van der Waals surface area contributed by atoms with Crippen molar-refractivity contribution < 1.29 is 9.90 Å². The Hall–Kier alpha value is -1.94. The number of halogens is 1. The number of hydrogen-bond donors (Lipinski definition) is 1. The Labute approximate surface area is 116 Å². The zero-order chi connectivity index (χ0) is 13.8. The summed E-state index contributed by atoms with van der Waals surface area (Å²) >= 11 is 5.90. The quantitative estimate of drug-likeness (QED) is 0.933. The van der Waals surface area contributed by atoms with Crippen LogP contribution in [0.3, 0.4) is 0 Å². The van der Waals surface area contributed by atoms with Crippen LogP contribution in [0.1, 0.15) is 23.0 Å². The maximum atomic E-state index is 11.4. The number of carboxylic acid groups (broad SMARTS) is 1. The normalized spacial score (nSPS) is 12.1. The van der Waals surface area contributed by atoms with Gasteiger partial charge in [-0.3, -0.25) is 4.79 Å². The van der Waals surface area contributed by atoms with Crippen LogP contribution >= 0.6 is 11.6 Å². The van der Waals surface area contributed by atoms with Gasteiger partial charge in [0.15, 0.2) is 0 Å². The number of aliphatic carboxylic acids is 1. The van der Waals surface area contributed by atoms with E-state index in [4.69, 9.17) is 11.6 Å². The van der Waals surface area contributed by atoms with E-state index in [1.807, 2.05) is 13.0 Å². The lowest BCUT2D eigenvalue weighted by Crippen LogP contribution is -2.17. The third-order valence-corrected chi connectivity index (χ3v) is 2.99. The number of rotatable bonds is 4. The SMILES string of the molecule is Cc1ccnc(C(Cc2cccc(Cl)c2)C(=O)O)n1. The van der Waals surface area contributed by atoms with Crippen LogP contribution in [0.5, 0.6) is 0 Å². The largest absolute Gasteiger partial charge is 0.481 e. The van der Waals surface area contributed by atoms with Crippen molar-refractivity contribution >= 4 is 17.6 Å². The minimum Gasteiger partial charge on any atom is -0.481 e. The monoisotopic (exact) mass is 276 g/mol. The number of benzene rings is 1. The molecule has 0 bridgehead atoms. The highest BCUT2D eigenvalue weighted by Crippen LogP contribution is 2.20. The molecule has 1 atom stereocenters. The average molecular weight is 277 g/mol. The molecule has 1 heterocycles.